The predicted octanol–water partition coefficient (Wildman–Crippen LogP) is 3.46. The van der Waals surface area contributed by atoms with Crippen LogP contribution in [0, 0.1) is 5.92 Å². The summed E-state index contributed by atoms with van der Waals surface area (Å²) in [6.07, 6.45) is 2.10. The number of benzene rings is 1. The maximum atomic E-state index is 10.6. The van der Waals surface area contributed by atoms with Gasteiger partial charge in [0.1, 0.15) is 5.82 Å². The standard InChI is InChI=1S/C23H30N4O3/c28-23(29)24-11-8-18-9-12-27(13-10-18)22-7-3-5-20(25-22)19-4-1-2-6-21(19)26-14-16-30-17-15-26/h1-7,18,24H,8-17H2,(H,28,29). The number of amides is 1. The second kappa shape index (κ2) is 9.80. The van der Waals surface area contributed by atoms with Crippen molar-refractivity contribution in [2.45, 2.75) is 19.3 Å². The average molecular weight is 411 g/mol. The number of rotatable bonds is 6. The van der Waals surface area contributed by atoms with Gasteiger partial charge in [0.25, 0.3) is 0 Å². The highest BCUT2D eigenvalue weighted by Crippen LogP contribution is 2.32. The zero-order valence-corrected chi connectivity index (χ0v) is 17.3. The zero-order chi connectivity index (χ0) is 20.8. The fourth-order valence-corrected chi connectivity index (χ4v) is 4.35. The van der Waals surface area contributed by atoms with Crippen LogP contribution in [0.3, 0.4) is 0 Å². The largest absolute Gasteiger partial charge is 0.465 e. The van der Waals surface area contributed by atoms with Crippen molar-refractivity contribution in [2.24, 2.45) is 5.92 Å². The van der Waals surface area contributed by atoms with Crippen LogP contribution in [0.25, 0.3) is 11.3 Å². The van der Waals surface area contributed by atoms with Gasteiger partial charge in [0.2, 0.25) is 0 Å². The van der Waals surface area contributed by atoms with E-state index in [1.165, 1.54) is 5.69 Å². The molecular weight excluding hydrogens is 380 g/mol. The Morgan fingerprint density at radius 2 is 1.80 bits per heavy atom. The second-order valence-corrected chi connectivity index (χ2v) is 7.95. The molecule has 0 bridgehead atoms. The molecule has 2 aromatic rings. The Morgan fingerprint density at radius 3 is 2.57 bits per heavy atom. The van der Waals surface area contributed by atoms with E-state index in [0.29, 0.717) is 12.5 Å². The van der Waals surface area contributed by atoms with Gasteiger partial charge in [0.15, 0.2) is 0 Å². The van der Waals surface area contributed by atoms with Crippen molar-refractivity contribution in [1.82, 2.24) is 10.3 Å². The molecule has 2 aliphatic rings. The molecule has 1 amide bonds. The highest BCUT2D eigenvalue weighted by Gasteiger charge is 2.21. The quantitative estimate of drug-likeness (QED) is 0.759. The normalized spacial score (nSPS) is 17.7. The van der Waals surface area contributed by atoms with E-state index in [4.69, 9.17) is 14.8 Å². The first kappa shape index (κ1) is 20.5. The van der Waals surface area contributed by atoms with Gasteiger partial charge < -0.3 is 25.0 Å². The Bertz CT molecular complexity index is 846. The topological polar surface area (TPSA) is 77.9 Å². The Morgan fingerprint density at radius 1 is 1.03 bits per heavy atom. The van der Waals surface area contributed by atoms with Crippen LogP contribution in [-0.2, 0) is 4.74 Å². The number of hydrogen-bond acceptors (Lipinski definition) is 5. The van der Waals surface area contributed by atoms with Crippen LogP contribution in [0.1, 0.15) is 19.3 Å². The van der Waals surface area contributed by atoms with Crippen LogP contribution >= 0.6 is 0 Å². The summed E-state index contributed by atoms with van der Waals surface area (Å²) < 4.78 is 5.51. The molecule has 0 saturated carbocycles. The van der Waals surface area contributed by atoms with E-state index < -0.39 is 6.09 Å². The first-order valence-corrected chi connectivity index (χ1v) is 10.8. The van der Waals surface area contributed by atoms with E-state index in [-0.39, 0.29) is 0 Å². The summed E-state index contributed by atoms with van der Waals surface area (Å²) in [7, 11) is 0. The van der Waals surface area contributed by atoms with Crippen LogP contribution in [-0.4, -0.2) is 62.1 Å². The Balaban J connectivity index is 1.44. The summed E-state index contributed by atoms with van der Waals surface area (Å²) in [6, 6.07) is 14.8. The number of hydrogen-bond donors (Lipinski definition) is 2. The molecule has 1 aromatic heterocycles. The van der Waals surface area contributed by atoms with Gasteiger partial charge in [-0.05, 0) is 43.4 Å². The lowest BCUT2D eigenvalue weighted by Gasteiger charge is -2.33. The number of nitrogens with zero attached hydrogens (tertiary/aromatic N) is 3. The molecule has 4 rings (SSSR count). The number of nitrogens with one attached hydrogen (secondary N) is 1. The number of ether oxygens (including phenoxy) is 1. The number of carbonyl (C=O) groups is 1. The van der Waals surface area contributed by atoms with Crippen molar-refractivity contribution in [2.75, 3.05) is 55.7 Å². The van der Waals surface area contributed by atoms with Gasteiger partial charge in [0.05, 0.1) is 18.9 Å². The lowest BCUT2D eigenvalue weighted by atomic mass is 9.93. The number of piperidine rings is 1. The molecule has 3 heterocycles. The van der Waals surface area contributed by atoms with Crippen LogP contribution in [0.4, 0.5) is 16.3 Å². The summed E-state index contributed by atoms with van der Waals surface area (Å²) in [5.41, 5.74) is 3.38. The first-order valence-electron chi connectivity index (χ1n) is 10.8. The number of carboxylic acid groups (broad SMARTS) is 1. The van der Waals surface area contributed by atoms with Gasteiger partial charge in [-0.2, -0.15) is 0 Å². The van der Waals surface area contributed by atoms with E-state index in [1.54, 1.807) is 0 Å². The monoisotopic (exact) mass is 410 g/mol. The second-order valence-electron chi connectivity index (χ2n) is 7.95. The molecule has 2 aliphatic heterocycles. The van der Waals surface area contributed by atoms with Gasteiger partial charge >= 0.3 is 6.09 Å². The third-order valence-corrected chi connectivity index (χ3v) is 6.03. The van der Waals surface area contributed by atoms with E-state index in [0.717, 1.165) is 75.7 Å². The van der Waals surface area contributed by atoms with E-state index in [1.807, 2.05) is 0 Å². The highest BCUT2D eigenvalue weighted by molar-refractivity contribution is 5.77. The molecule has 7 nitrogen and oxygen atoms in total. The smallest absolute Gasteiger partial charge is 0.404 e. The fraction of sp³-hybridized carbons (Fsp3) is 0.478. The molecule has 30 heavy (non-hydrogen) atoms. The molecule has 0 radical (unpaired) electrons. The molecule has 0 atom stereocenters. The maximum absolute atomic E-state index is 10.6. The van der Waals surface area contributed by atoms with E-state index in [2.05, 4.69) is 57.6 Å². The SMILES string of the molecule is O=C(O)NCCC1CCN(c2cccc(-c3ccccc3N3CCOCC3)n2)CC1. The first-order chi connectivity index (χ1) is 14.7. The van der Waals surface area contributed by atoms with Crippen molar-refractivity contribution < 1.29 is 14.6 Å². The Labute approximate surface area is 177 Å². The molecule has 1 aromatic carbocycles. The number of para-hydroxylation sites is 1. The summed E-state index contributed by atoms with van der Waals surface area (Å²) in [6.45, 7) is 5.78. The lowest BCUT2D eigenvalue weighted by molar-refractivity contribution is 0.123. The molecule has 2 fully saturated rings. The van der Waals surface area contributed by atoms with Crippen molar-refractivity contribution in [3.8, 4) is 11.3 Å². The summed E-state index contributed by atoms with van der Waals surface area (Å²) in [5, 5.41) is 11.2. The molecule has 160 valence electrons. The van der Waals surface area contributed by atoms with Crippen molar-refractivity contribution in [3.63, 3.8) is 0 Å². The molecular formula is C23H30N4O3. The van der Waals surface area contributed by atoms with Gasteiger partial charge in [0, 0.05) is 44.0 Å². The number of anilines is 2. The van der Waals surface area contributed by atoms with Crippen molar-refractivity contribution in [3.05, 3.63) is 42.5 Å². The summed E-state index contributed by atoms with van der Waals surface area (Å²) >= 11 is 0. The van der Waals surface area contributed by atoms with E-state index >= 15 is 0 Å². The van der Waals surface area contributed by atoms with Gasteiger partial charge in [-0.15, -0.1) is 0 Å². The van der Waals surface area contributed by atoms with Crippen molar-refractivity contribution >= 4 is 17.6 Å². The predicted molar refractivity (Wildman–Crippen MR) is 118 cm³/mol. The minimum Gasteiger partial charge on any atom is -0.465 e. The lowest BCUT2D eigenvalue weighted by Crippen LogP contribution is -2.36. The van der Waals surface area contributed by atoms with E-state index in [9.17, 15) is 4.79 Å². The van der Waals surface area contributed by atoms with Gasteiger partial charge in [-0.25, -0.2) is 9.78 Å². The Kier molecular flexibility index (Phi) is 6.69. The summed E-state index contributed by atoms with van der Waals surface area (Å²) in [5.74, 6) is 1.59. The Hall–Kier alpha value is -2.80. The number of morpholine rings is 1. The zero-order valence-electron chi connectivity index (χ0n) is 17.3. The van der Waals surface area contributed by atoms with Crippen LogP contribution in [0.2, 0.25) is 0 Å². The minimum absolute atomic E-state index is 0.534. The third kappa shape index (κ3) is 5.02. The molecule has 0 aliphatic carbocycles. The van der Waals surface area contributed by atoms with Gasteiger partial charge in [-0.3, -0.25) is 0 Å². The minimum atomic E-state index is -0.939. The number of pyridine rings is 1. The molecule has 0 unspecified atom stereocenters. The van der Waals surface area contributed by atoms with Crippen LogP contribution in [0.15, 0.2) is 42.5 Å². The summed E-state index contributed by atoms with van der Waals surface area (Å²) in [4.78, 5) is 20.4. The molecule has 0 spiro atoms. The van der Waals surface area contributed by atoms with Gasteiger partial charge in [-0.1, -0.05) is 24.3 Å². The highest BCUT2D eigenvalue weighted by atomic mass is 16.5. The third-order valence-electron chi connectivity index (χ3n) is 6.03. The van der Waals surface area contributed by atoms with Crippen LogP contribution in [0.5, 0.6) is 0 Å². The van der Waals surface area contributed by atoms with Crippen LogP contribution < -0.4 is 15.1 Å². The maximum Gasteiger partial charge on any atom is 0.404 e. The molecule has 2 N–H and O–H groups in total. The van der Waals surface area contributed by atoms with Crippen molar-refractivity contribution in [1.29, 1.82) is 0 Å². The molecule has 2 saturated heterocycles. The fourth-order valence-electron chi connectivity index (χ4n) is 4.35. The number of aromatic nitrogens is 1. The average Bonchev–Trinajstić information content (AvgIpc) is 2.80. The molecule has 7 heteroatoms.